The maximum Gasteiger partial charge on any atom is 0.408 e. The first kappa shape index (κ1) is 20.7. The zero-order valence-electron chi connectivity index (χ0n) is 15.6. The van der Waals surface area contributed by atoms with Gasteiger partial charge in [-0.05, 0) is 32.8 Å². The molecule has 25 heavy (non-hydrogen) atoms. The second-order valence-corrected chi connectivity index (χ2v) is 6.79. The molecule has 1 aromatic rings. The lowest BCUT2D eigenvalue weighted by atomic mass is 10.2. The predicted molar refractivity (Wildman–Crippen MR) is 98.1 cm³/mol. The highest BCUT2D eigenvalue weighted by Gasteiger charge is 2.23. The van der Waals surface area contributed by atoms with Crippen LogP contribution >= 0.6 is 0 Å². The molecular weight excluding hydrogens is 318 g/mol. The second kappa shape index (κ2) is 10.5. The van der Waals surface area contributed by atoms with E-state index < -0.39 is 23.7 Å². The Hall–Kier alpha value is -2.30. The summed E-state index contributed by atoms with van der Waals surface area (Å²) >= 11 is 0. The van der Waals surface area contributed by atoms with Gasteiger partial charge >= 0.3 is 12.1 Å². The van der Waals surface area contributed by atoms with Crippen molar-refractivity contribution in [3.63, 3.8) is 0 Å². The molecule has 0 aromatic heterocycles. The lowest BCUT2D eigenvalue weighted by Gasteiger charge is -2.21. The number of alkyl carbamates (subject to hydrolysis) is 1. The highest BCUT2D eigenvalue weighted by molar-refractivity contribution is 5.83. The van der Waals surface area contributed by atoms with Crippen LogP contribution in [0.5, 0.6) is 0 Å². The maximum absolute atomic E-state index is 12.3. The van der Waals surface area contributed by atoms with Crippen molar-refractivity contribution < 1.29 is 19.1 Å². The fourth-order valence-corrected chi connectivity index (χ4v) is 1.99. The Kier molecular flexibility index (Phi) is 8.75. The van der Waals surface area contributed by atoms with E-state index in [0.29, 0.717) is 0 Å². The fraction of sp³-hybridized carbons (Fsp3) is 0.500. The SMILES string of the molecule is CCCC/C=C/C(NC(=O)OC(C)(C)C)C(=O)OCc1ccccc1. The van der Waals surface area contributed by atoms with E-state index in [2.05, 4.69) is 12.2 Å². The molecule has 0 saturated carbocycles. The van der Waals surface area contributed by atoms with Gasteiger partial charge in [-0.2, -0.15) is 0 Å². The van der Waals surface area contributed by atoms with Crippen LogP contribution in [0, 0.1) is 0 Å². The molecule has 0 bridgehead atoms. The van der Waals surface area contributed by atoms with Gasteiger partial charge < -0.3 is 14.8 Å². The Morgan fingerprint density at radius 3 is 2.48 bits per heavy atom. The minimum Gasteiger partial charge on any atom is -0.459 e. The number of rotatable bonds is 8. The Labute approximate surface area is 150 Å². The molecule has 5 heteroatoms. The van der Waals surface area contributed by atoms with Gasteiger partial charge in [0, 0.05) is 0 Å². The van der Waals surface area contributed by atoms with Crippen LogP contribution in [0.3, 0.4) is 0 Å². The van der Waals surface area contributed by atoms with Crippen LogP contribution in [0.15, 0.2) is 42.5 Å². The highest BCUT2D eigenvalue weighted by Crippen LogP contribution is 2.08. The number of unbranched alkanes of at least 4 members (excludes halogenated alkanes) is 2. The molecule has 0 saturated heterocycles. The van der Waals surface area contributed by atoms with E-state index >= 15 is 0 Å². The van der Waals surface area contributed by atoms with Crippen LogP contribution in [0.25, 0.3) is 0 Å². The molecule has 1 unspecified atom stereocenters. The van der Waals surface area contributed by atoms with Gasteiger partial charge in [0.1, 0.15) is 18.2 Å². The van der Waals surface area contributed by atoms with Gasteiger partial charge in [0.25, 0.3) is 0 Å². The van der Waals surface area contributed by atoms with Crippen molar-refractivity contribution >= 4 is 12.1 Å². The summed E-state index contributed by atoms with van der Waals surface area (Å²) in [7, 11) is 0. The quantitative estimate of drug-likeness (QED) is 0.431. The Balaban J connectivity index is 2.66. The number of hydrogen-bond acceptors (Lipinski definition) is 4. The Bertz CT molecular complexity index is 561. The van der Waals surface area contributed by atoms with Crippen molar-refractivity contribution in [2.75, 3.05) is 0 Å². The summed E-state index contributed by atoms with van der Waals surface area (Å²) in [4.78, 5) is 24.3. The molecule has 138 valence electrons. The van der Waals surface area contributed by atoms with Crippen molar-refractivity contribution in [3.05, 3.63) is 48.0 Å². The Morgan fingerprint density at radius 1 is 1.20 bits per heavy atom. The van der Waals surface area contributed by atoms with Gasteiger partial charge in [0.15, 0.2) is 0 Å². The molecule has 0 radical (unpaired) electrons. The second-order valence-electron chi connectivity index (χ2n) is 6.79. The third-order valence-corrected chi connectivity index (χ3v) is 3.20. The molecule has 1 aromatic carbocycles. The van der Waals surface area contributed by atoms with Gasteiger partial charge in [-0.1, -0.05) is 62.2 Å². The minimum absolute atomic E-state index is 0.162. The van der Waals surface area contributed by atoms with Gasteiger partial charge in [0.05, 0.1) is 0 Å². The fourth-order valence-electron chi connectivity index (χ4n) is 1.99. The van der Waals surface area contributed by atoms with Crippen LogP contribution in [0.4, 0.5) is 4.79 Å². The zero-order chi connectivity index (χ0) is 18.7. The van der Waals surface area contributed by atoms with Crippen LogP contribution in [-0.4, -0.2) is 23.7 Å². The summed E-state index contributed by atoms with van der Waals surface area (Å²) in [6.07, 6.45) is 5.83. The molecule has 1 atom stereocenters. The molecule has 0 spiro atoms. The van der Waals surface area contributed by atoms with E-state index in [1.165, 1.54) is 0 Å². The molecule has 1 N–H and O–H groups in total. The number of esters is 1. The third-order valence-electron chi connectivity index (χ3n) is 3.20. The molecule has 0 heterocycles. The topological polar surface area (TPSA) is 64.6 Å². The lowest BCUT2D eigenvalue weighted by Crippen LogP contribution is -2.43. The first-order chi connectivity index (χ1) is 11.8. The van der Waals surface area contributed by atoms with Crippen LogP contribution in [0.1, 0.15) is 52.5 Å². The molecule has 0 aliphatic heterocycles. The number of nitrogens with one attached hydrogen (secondary N) is 1. The average molecular weight is 347 g/mol. The number of amides is 1. The van der Waals surface area contributed by atoms with Crippen molar-refractivity contribution in [1.82, 2.24) is 5.32 Å². The normalized spacial score (nSPS) is 12.6. The first-order valence-electron chi connectivity index (χ1n) is 8.68. The minimum atomic E-state index is -0.865. The molecular formula is C20H29NO4. The molecule has 0 aliphatic carbocycles. The zero-order valence-corrected chi connectivity index (χ0v) is 15.6. The van der Waals surface area contributed by atoms with Crippen LogP contribution in [-0.2, 0) is 20.9 Å². The van der Waals surface area contributed by atoms with Gasteiger partial charge in [-0.25, -0.2) is 9.59 Å². The van der Waals surface area contributed by atoms with E-state index in [0.717, 1.165) is 24.8 Å². The number of carbonyl (C=O) groups excluding carboxylic acids is 2. The number of carbonyl (C=O) groups is 2. The monoisotopic (exact) mass is 347 g/mol. The number of allylic oxidation sites excluding steroid dienone is 1. The van der Waals surface area contributed by atoms with Crippen molar-refractivity contribution in [2.45, 2.75) is 65.2 Å². The van der Waals surface area contributed by atoms with Crippen molar-refractivity contribution in [1.29, 1.82) is 0 Å². The summed E-state index contributed by atoms with van der Waals surface area (Å²) < 4.78 is 10.5. The maximum atomic E-state index is 12.3. The Morgan fingerprint density at radius 2 is 1.88 bits per heavy atom. The molecule has 0 aliphatic rings. The van der Waals surface area contributed by atoms with Gasteiger partial charge in [-0.15, -0.1) is 0 Å². The smallest absolute Gasteiger partial charge is 0.408 e. The van der Waals surface area contributed by atoms with Crippen molar-refractivity contribution in [2.24, 2.45) is 0 Å². The largest absolute Gasteiger partial charge is 0.459 e. The van der Waals surface area contributed by atoms with E-state index in [9.17, 15) is 9.59 Å². The lowest BCUT2D eigenvalue weighted by molar-refractivity contribution is -0.146. The highest BCUT2D eigenvalue weighted by atomic mass is 16.6. The first-order valence-corrected chi connectivity index (χ1v) is 8.68. The van der Waals surface area contributed by atoms with Crippen LogP contribution in [0.2, 0.25) is 0 Å². The molecule has 1 amide bonds. The average Bonchev–Trinajstić information content (AvgIpc) is 2.54. The summed E-state index contributed by atoms with van der Waals surface area (Å²) in [5.41, 5.74) is 0.260. The van der Waals surface area contributed by atoms with E-state index in [1.807, 2.05) is 36.4 Å². The van der Waals surface area contributed by atoms with E-state index in [4.69, 9.17) is 9.47 Å². The summed E-state index contributed by atoms with van der Waals surface area (Å²) in [5.74, 6) is -0.512. The molecule has 0 fully saturated rings. The predicted octanol–water partition coefficient (Wildman–Crippen LogP) is 4.37. The summed E-state index contributed by atoms with van der Waals surface area (Å²) in [6, 6.07) is 8.54. The van der Waals surface area contributed by atoms with Gasteiger partial charge in [0.2, 0.25) is 0 Å². The van der Waals surface area contributed by atoms with Crippen LogP contribution < -0.4 is 5.32 Å². The standard InChI is InChI=1S/C20H29NO4/c1-5-6-7-11-14-17(21-19(23)25-20(2,3)4)18(22)24-15-16-12-9-8-10-13-16/h8-14,17H,5-7,15H2,1-4H3,(H,21,23)/b14-11+. The molecule has 5 nitrogen and oxygen atoms in total. The summed E-state index contributed by atoms with van der Waals surface area (Å²) in [6.45, 7) is 7.57. The van der Waals surface area contributed by atoms with E-state index in [-0.39, 0.29) is 6.61 Å². The number of benzene rings is 1. The van der Waals surface area contributed by atoms with Gasteiger partial charge in [-0.3, -0.25) is 0 Å². The number of hydrogen-bond donors (Lipinski definition) is 1. The third kappa shape index (κ3) is 9.55. The summed E-state index contributed by atoms with van der Waals surface area (Å²) in [5, 5.41) is 2.56. The van der Waals surface area contributed by atoms with E-state index in [1.54, 1.807) is 26.8 Å². The number of ether oxygens (including phenoxy) is 2. The van der Waals surface area contributed by atoms with Crippen molar-refractivity contribution in [3.8, 4) is 0 Å². The molecule has 1 rings (SSSR count).